The van der Waals surface area contributed by atoms with Crippen molar-refractivity contribution >= 4 is 11.0 Å². The predicted octanol–water partition coefficient (Wildman–Crippen LogP) is 3.68. The van der Waals surface area contributed by atoms with Crippen LogP contribution in [0.3, 0.4) is 0 Å². The minimum absolute atomic E-state index is 0.219. The molecule has 0 aliphatic heterocycles. The standard InChI is InChI=1S/C14H11FN2/c1-9-2-3-12(15)11(6-9)10-7-14-13(17-8-10)4-5-16-14/h2-8,16H,1H3. The van der Waals surface area contributed by atoms with Crippen molar-refractivity contribution in [3.05, 3.63) is 54.1 Å². The number of nitrogens with one attached hydrogen (secondary N) is 1. The van der Waals surface area contributed by atoms with E-state index in [1.54, 1.807) is 12.3 Å². The average molecular weight is 226 g/mol. The Kier molecular flexibility index (Phi) is 2.18. The molecule has 84 valence electrons. The quantitative estimate of drug-likeness (QED) is 0.673. The Bertz CT molecular complexity index is 686. The monoisotopic (exact) mass is 226 g/mol. The fourth-order valence-corrected chi connectivity index (χ4v) is 1.94. The van der Waals surface area contributed by atoms with Crippen LogP contribution in [0.25, 0.3) is 22.2 Å². The Labute approximate surface area is 98.1 Å². The van der Waals surface area contributed by atoms with Gasteiger partial charge in [-0.05, 0) is 31.2 Å². The van der Waals surface area contributed by atoms with E-state index in [0.29, 0.717) is 5.56 Å². The van der Waals surface area contributed by atoms with Crippen molar-refractivity contribution in [2.75, 3.05) is 0 Å². The summed E-state index contributed by atoms with van der Waals surface area (Å²) in [4.78, 5) is 7.37. The minimum Gasteiger partial charge on any atom is -0.360 e. The molecule has 2 heterocycles. The van der Waals surface area contributed by atoms with Gasteiger partial charge in [-0.2, -0.15) is 0 Å². The van der Waals surface area contributed by atoms with E-state index in [-0.39, 0.29) is 5.82 Å². The van der Waals surface area contributed by atoms with Crippen molar-refractivity contribution in [3.63, 3.8) is 0 Å². The SMILES string of the molecule is Cc1ccc(F)c(-c2cnc3cc[nH]c3c2)c1. The van der Waals surface area contributed by atoms with Crippen LogP contribution in [0.4, 0.5) is 4.39 Å². The maximum atomic E-state index is 13.7. The number of hydrogen-bond acceptors (Lipinski definition) is 1. The molecular weight excluding hydrogens is 215 g/mol. The van der Waals surface area contributed by atoms with E-state index in [2.05, 4.69) is 9.97 Å². The number of aromatic nitrogens is 2. The van der Waals surface area contributed by atoms with Gasteiger partial charge in [-0.15, -0.1) is 0 Å². The Morgan fingerprint density at radius 3 is 2.94 bits per heavy atom. The van der Waals surface area contributed by atoms with Gasteiger partial charge in [-0.1, -0.05) is 11.6 Å². The summed E-state index contributed by atoms with van der Waals surface area (Å²) in [6, 6.07) is 8.90. The van der Waals surface area contributed by atoms with Crippen molar-refractivity contribution in [1.29, 1.82) is 0 Å². The van der Waals surface area contributed by atoms with Gasteiger partial charge in [0.1, 0.15) is 5.82 Å². The molecule has 0 spiro atoms. The highest BCUT2D eigenvalue weighted by molar-refractivity contribution is 5.80. The summed E-state index contributed by atoms with van der Waals surface area (Å²) >= 11 is 0. The van der Waals surface area contributed by atoms with E-state index < -0.39 is 0 Å². The third-order valence-electron chi connectivity index (χ3n) is 2.83. The molecule has 3 heteroatoms. The van der Waals surface area contributed by atoms with Crippen molar-refractivity contribution in [1.82, 2.24) is 9.97 Å². The second-order valence-electron chi connectivity index (χ2n) is 4.12. The van der Waals surface area contributed by atoms with Crippen molar-refractivity contribution in [3.8, 4) is 11.1 Å². The maximum Gasteiger partial charge on any atom is 0.131 e. The molecule has 0 atom stereocenters. The van der Waals surface area contributed by atoms with E-state index in [4.69, 9.17) is 0 Å². The predicted molar refractivity (Wildman–Crippen MR) is 66.2 cm³/mol. The molecule has 0 aliphatic rings. The number of hydrogen-bond donors (Lipinski definition) is 1. The lowest BCUT2D eigenvalue weighted by molar-refractivity contribution is 0.631. The summed E-state index contributed by atoms with van der Waals surface area (Å²) in [6.45, 7) is 1.95. The van der Waals surface area contributed by atoms with Gasteiger partial charge in [0.05, 0.1) is 11.0 Å². The normalized spacial score (nSPS) is 10.9. The molecule has 1 N–H and O–H groups in total. The van der Waals surface area contributed by atoms with Crippen LogP contribution in [0.2, 0.25) is 0 Å². The number of aryl methyl sites for hydroxylation is 1. The molecule has 0 bridgehead atoms. The number of fused-ring (bicyclic) bond motifs is 1. The van der Waals surface area contributed by atoms with Crippen molar-refractivity contribution in [2.24, 2.45) is 0 Å². The highest BCUT2D eigenvalue weighted by Gasteiger charge is 2.07. The van der Waals surface area contributed by atoms with Crippen LogP contribution in [0.15, 0.2) is 42.7 Å². The number of aromatic amines is 1. The Hall–Kier alpha value is -2.16. The number of pyridine rings is 1. The van der Waals surface area contributed by atoms with Crippen LogP contribution in [0.1, 0.15) is 5.56 Å². The topological polar surface area (TPSA) is 28.7 Å². The summed E-state index contributed by atoms with van der Waals surface area (Å²) in [6.07, 6.45) is 3.53. The first-order chi connectivity index (χ1) is 8.24. The van der Waals surface area contributed by atoms with Crippen LogP contribution in [0, 0.1) is 12.7 Å². The number of nitrogens with zero attached hydrogens (tertiary/aromatic N) is 1. The first kappa shape index (κ1) is 10.0. The molecule has 17 heavy (non-hydrogen) atoms. The fourth-order valence-electron chi connectivity index (χ4n) is 1.94. The van der Waals surface area contributed by atoms with Gasteiger partial charge in [-0.3, -0.25) is 4.98 Å². The van der Waals surface area contributed by atoms with Crippen LogP contribution >= 0.6 is 0 Å². The highest BCUT2D eigenvalue weighted by Crippen LogP contribution is 2.25. The van der Waals surface area contributed by atoms with E-state index in [1.807, 2.05) is 31.3 Å². The van der Waals surface area contributed by atoms with Crippen LogP contribution in [-0.4, -0.2) is 9.97 Å². The van der Waals surface area contributed by atoms with Gasteiger partial charge in [0.15, 0.2) is 0 Å². The molecule has 0 saturated heterocycles. The molecule has 0 amide bonds. The average Bonchev–Trinajstić information content (AvgIpc) is 2.79. The summed E-state index contributed by atoms with van der Waals surface area (Å²) in [5.74, 6) is -0.219. The van der Waals surface area contributed by atoms with Crippen molar-refractivity contribution < 1.29 is 4.39 Å². The van der Waals surface area contributed by atoms with Gasteiger partial charge in [-0.25, -0.2) is 4.39 Å². The molecule has 0 radical (unpaired) electrons. The van der Waals surface area contributed by atoms with Crippen molar-refractivity contribution in [2.45, 2.75) is 6.92 Å². The zero-order valence-electron chi connectivity index (χ0n) is 9.37. The van der Waals surface area contributed by atoms with Crippen LogP contribution in [-0.2, 0) is 0 Å². The zero-order valence-corrected chi connectivity index (χ0v) is 9.37. The Balaban J connectivity index is 2.22. The highest BCUT2D eigenvalue weighted by atomic mass is 19.1. The lowest BCUT2D eigenvalue weighted by Crippen LogP contribution is -1.87. The molecule has 0 unspecified atom stereocenters. The lowest BCUT2D eigenvalue weighted by Gasteiger charge is -2.04. The molecule has 2 nitrogen and oxygen atoms in total. The number of benzene rings is 1. The van der Waals surface area contributed by atoms with Gasteiger partial charge >= 0.3 is 0 Å². The largest absolute Gasteiger partial charge is 0.360 e. The molecule has 1 aromatic carbocycles. The Morgan fingerprint density at radius 2 is 2.06 bits per heavy atom. The summed E-state index contributed by atoms with van der Waals surface area (Å²) in [5, 5.41) is 0. The molecule has 0 aliphatic carbocycles. The molecular formula is C14H11FN2. The maximum absolute atomic E-state index is 13.7. The van der Waals surface area contributed by atoms with Crippen LogP contribution < -0.4 is 0 Å². The summed E-state index contributed by atoms with van der Waals surface area (Å²) in [5.41, 5.74) is 4.23. The van der Waals surface area contributed by atoms with Gasteiger partial charge < -0.3 is 4.98 Å². The molecule has 0 saturated carbocycles. The summed E-state index contributed by atoms with van der Waals surface area (Å²) in [7, 11) is 0. The second kappa shape index (κ2) is 3.70. The zero-order chi connectivity index (χ0) is 11.8. The molecule has 0 fully saturated rings. The molecule has 2 aromatic heterocycles. The first-order valence-corrected chi connectivity index (χ1v) is 5.44. The van der Waals surface area contributed by atoms with Gasteiger partial charge in [0.2, 0.25) is 0 Å². The summed E-state index contributed by atoms with van der Waals surface area (Å²) < 4.78 is 13.7. The lowest BCUT2D eigenvalue weighted by atomic mass is 10.0. The Morgan fingerprint density at radius 1 is 1.18 bits per heavy atom. The van der Waals surface area contributed by atoms with E-state index in [0.717, 1.165) is 22.2 Å². The van der Waals surface area contributed by atoms with E-state index >= 15 is 0 Å². The first-order valence-electron chi connectivity index (χ1n) is 5.44. The minimum atomic E-state index is -0.219. The number of halogens is 1. The van der Waals surface area contributed by atoms with E-state index in [1.165, 1.54) is 6.07 Å². The fraction of sp³-hybridized carbons (Fsp3) is 0.0714. The van der Waals surface area contributed by atoms with E-state index in [9.17, 15) is 4.39 Å². The van der Waals surface area contributed by atoms with Crippen LogP contribution in [0.5, 0.6) is 0 Å². The smallest absolute Gasteiger partial charge is 0.131 e. The number of H-pyrrole nitrogens is 1. The van der Waals surface area contributed by atoms with Gasteiger partial charge in [0, 0.05) is 23.5 Å². The molecule has 3 rings (SSSR count). The molecule has 3 aromatic rings. The third kappa shape index (κ3) is 1.69. The van der Waals surface area contributed by atoms with Gasteiger partial charge in [0.25, 0.3) is 0 Å². The third-order valence-corrected chi connectivity index (χ3v) is 2.83. The number of rotatable bonds is 1. The second-order valence-corrected chi connectivity index (χ2v) is 4.12.